The van der Waals surface area contributed by atoms with Gasteiger partial charge in [-0.25, -0.2) is 0 Å². The number of anilines is 1. The van der Waals surface area contributed by atoms with E-state index in [1.807, 2.05) is 30.3 Å². The van der Waals surface area contributed by atoms with Crippen molar-refractivity contribution in [1.82, 2.24) is 0 Å². The van der Waals surface area contributed by atoms with Crippen LogP contribution in [-0.2, 0) is 20.7 Å². The molecule has 1 N–H and O–H groups in total. The van der Waals surface area contributed by atoms with Crippen molar-refractivity contribution in [2.45, 2.75) is 13.3 Å². The molecular weight excluding hydrogens is 314 g/mol. The van der Waals surface area contributed by atoms with Gasteiger partial charge in [0.15, 0.2) is 0 Å². The van der Waals surface area contributed by atoms with Crippen molar-refractivity contribution in [1.29, 1.82) is 0 Å². The van der Waals surface area contributed by atoms with Gasteiger partial charge in [0.05, 0.1) is 6.61 Å². The summed E-state index contributed by atoms with van der Waals surface area (Å²) in [5.41, 5.74) is 1.48. The van der Waals surface area contributed by atoms with Gasteiger partial charge in [0.25, 0.3) is 0 Å². The largest absolute Gasteiger partial charge is 0.465 e. The molecule has 5 heteroatoms. The molecule has 0 aliphatic heterocycles. The molecule has 0 fully saturated rings. The molecule has 0 unspecified atom stereocenters. The van der Waals surface area contributed by atoms with Gasteiger partial charge in [-0.15, -0.1) is 0 Å². The van der Waals surface area contributed by atoms with Gasteiger partial charge in [0.1, 0.15) is 5.92 Å². The molecule has 0 aliphatic rings. The Labute approximate surface area is 140 Å². The summed E-state index contributed by atoms with van der Waals surface area (Å²) < 4.78 is 5.03. The third kappa shape index (κ3) is 5.11. The SMILES string of the molecule is CCOC(=O)[C@H](Cc1ccccc1)C(=O)Nc1ccc(Cl)cc1. The summed E-state index contributed by atoms with van der Waals surface area (Å²) in [6.07, 6.45) is 0.291. The summed E-state index contributed by atoms with van der Waals surface area (Å²) in [4.78, 5) is 24.6. The van der Waals surface area contributed by atoms with Crippen molar-refractivity contribution in [2.75, 3.05) is 11.9 Å². The van der Waals surface area contributed by atoms with Gasteiger partial charge in [-0.05, 0) is 43.2 Å². The number of hydrogen-bond donors (Lipinski definition) is 1. The van der Waals surface area contributed by atoms with Crippen LogP contribution in [0.15, 0.2) is 54.6 Å². The Morgan fingerprint density at radius 3 is 2.35 bits per heavy atom. The summed E-state index contributed by atoms with van der Waals surface area (Å²) >= 11 is 5.82. The van der Waals surface area contributed by atoms with Crippen LogP contribution >= 0.6 is 11.6 Å². The highest BCUT2D eigenvalue weighted by Gasteiger charge is 2.28. The third-order valence-corrected chi connectivity index (χ3v) is 3.53. The molecule has 23 heavy (non-hydrogen) atoms. The Kier molecular flexibility index (Phi) is 6.18. The molecule has 0 aromatic heterocycles. The van der Waals surface area contributed by atoms with Crippen LogP contribution in [0.4, 0.5) is 5.69 Å². The zero-order valence-electron chi connectivity index (χ0n) is 12.8. The molecule has 0 saturated carbocycles. The zero-order valence-corrected chi connectivity index (χ0v) is 13.5. The van der Waals surface area contributed by atoms with Gasteiger partial charge >= 0.3 is 5.97 Å². The maximum absolute atomic E-state index is 12.5. The predicted molar refractivity (Wildman–Crippen MR) is 90.4 cm³/mol. The fourth-order valence-electron chi connectivity index (χ4n) is 2.14. The Hall–Kier alpha value is -2.33. The fraction of sp³-hybridized carbons (Fsp3) is 0.222. The van der Waals surface area contributed by atoms with E-state index in [2.05, 4.69) is 5.32 Å². The first-order valence-corrected chi connectivity index (χ1v) is 7.75. The molecule has 0 spiro atoms. The number of nitrogens with one attached hydrogen (secondary N) is 1. The van der Waals surface area contributed by atoms with E-state index >= 15 is 0 Å². The second-order valence-corrected chi connectivity index (χ2v) is 5.43. The van der Waals surface area contributed by atoms with Crippen LogP contribution in [0.5, 0.6) is 0 Å². The number of ether oxygens (including phenoxy) is 1. The number of halogens is 1. The van der Waals surface area contributed by atoms with E-state index < -0.39 is 17.8 Å². The minimum Gasteiger partial charge on any atom is -0.465 e. The summed E-state index contributed by atoms with van der Waals surface area (Å²) in [5, 5.41) is 3.31. The highest BCUT2D eigenvalue weighted by Crippen LogP contribution is 2.17. The Morgan fingerprint density at radius 1 is 1.09 bits per heavy atom. The van der Waals surface area contributed by atoms with Crippen LogP contribution in [0.2, 0.25) is 5.02 Å². The lowest BCUT2D eigenvalue weighted by Crippen LogP contribution is -2.33. The maximum atomic E-state index is 12.5. The second-order valence-electron chi connectivity index (χ2n) is 4.99. The van der Waals surface area contributed by atoms with E-state index in [1.54, 1.807) is 31.2 Å². The molecule has 0 radical (unpaired) electrons. The van der Waals surface area contributed by atoms with Crippen LogP contribution in [0, 0.1) is 5.92 Å². The molecular formula is C18H18ClNO3. The van der Waals surface area contributed by atoms with Crippen molar-refractivity contribution in [3.05, 3.63) is 65.2 Å². The maximum Gasteiger partial charge on any atom is 0.318 e. The van der Waals surface area contributed by atoms with Crippen LogP contribution < -0.4 is 5.32 Å². The number of rotatable bonds is 6. The van der Waals surface area contributed by atoms with Gasteiger partial charge in [-0.3, -0.25) is 9.59 Å². The van der Waals surface area contributed by atoms with Crippen LogP contribution in [0.3, 0.4) is 0 Å². The van der Waals surface area contributed by atoms with Crippen molar-refractivity contribution in [3.63, 3.8) is 0 Å². The molecule has 0 bridgehead atoms. The molecule has 0 saturated heterocycles. The van der Waals surface area contributed by atoms with E-state index in [0.29, 0.717) is 17.1 Å². The lowest BCUT2D eigenvalue weighted by molar-refractivity contribution is -0.150. The third-order valence-electron chi connectivity index (χ3n) is 3.28. The molecule has 2 aromatic carbocycles. The van der Waals surface area contributed by atoms with Crippen molar-refractivity contribution in [2.24, 2.45) is 5.92 Å². The van der Waals surface area contributed by atoms with Crippen LogP contribution in [0.1, 0.15) is 12.5 Å². The van der Waals surface area contributed by atoms with Gasteiger partial charge in [0, 0.05) is 10.7 Å². The quantitative estimate of drug-likeness (QED) is 0.648. The van der Waals surface area contributed by atoms with Crippen molar-refractivity contribution in [3.8, 4) is 0 Å². The fourth-order valence-corrected chi connectivity index (χ4v) is 2.26. The number of hydrogen-bond acceptors (Lipinski definition) is 3. The molecule has 4 nitrogen and oxygen atoms in total. The molecule has 2 aromatic rings. The van der Waals surface area contributed by atoms with E-state index in [-0.39, 0.29) is 6.61 Å². The van der Waals surface area contributed by atoms with Gasteiger partial charge in [-0.2, -0.15) is 0 Å². The summed E-state index contributed by atoms with van der Waals surface area (Å²) in [6.45, 7) is 1.95. The first-order chi connectivity index (χ1) is 11.1. The predicted octanol–water partition coefficient (Wildman–Crippen LogP) is 3.70. The number of esters is 1. The Bertz CT molecular complexity index is 656. The van der Waals surface area contributed by atoms with E-state index in [9.17, 15) is 9.59 Å². The highest BCUT2D eigenvalue weighted by molar-refractivity contribution is 6.30. The normalized spacial score (nSPS) is 11.6. The molecule has 1 atom stereocenters. The van der Waals surface area contributed by atoms with E-state index in [1.165, 1.54) is 0 Å². The van der Waals surface area contributed by atoms with E-state index in [4.69, 9.17) is 16.3 Å². The summed E-state index contributed by atoms with van der Waals surface area (Å²) in [6, 6.07) is 16.1. The minimum atomic E-state index is -0.895. The van der Waals surface area contributed by atoms with Crippen molar-refractivity contribution < 1.29 is 14.3 Å². The van der Waals surface area contributed by atoms with Crippen LogP contribution in [0.25, 0.3) is 0 Å². The van der Waals surface area contributed by atoms with Crippen LogP contribution in [-0.4, -0.2) is 18.5 Å². The lowest BCUT2D eigenvalue weighted by atomic mass is 9.98. The number of amides is 1. The Balaban J connectivity index is 2.13. The topological polar surface area (TPSA) is 55.4 Å². The number of benzene rings is 2. The molecule has 0 heterocycles. The number of carbonyl (C=O) groups excluding carboxylic acids is 2. The van der Waals surface area contributed by atoms with Gasteiger partial charge in [-0.1, -0.05) is 41.9 Å². The van der Waals surface area contributed by atoms with E-state index in [0.717, 1.165) is 5.56 Å². The smallest absolute Gasteiger partial charge is 0.318 e. The first-order valence-electron chi connectivity index (χ1n) is 7.37. The average molecular weight is 332 g/mol. The zero-order chi connectivity index (χ0) is 16.7. The number of carbonyl (C=O) groups is 2. The van der Waals surface area contributed by atoms with Gasteiger partial charge in [0.2, 0.25) is 5.91 Å². The molecule has 0 aliphatic carbocycles. The van der Waals surface area contributed by atoms with Crippen molar-refractivity contribution >= 4 is 29.2 Å². The highest BCUT2D eigenvalue weighted by atomic mass is 35.5. The summed E-state index contributed by atoms with van der Waals surface area (Å²) in [5.74, 6) is -1.81. The Morgan fingerprint density at radius 2 is 1.74 bits per heavy atom. The minimum absolute atomic E-state index is 0.234. The summed E-state index contributed by atoms with van der Waals surface area (Å²) in [7, 11) is 0. The molecule has 1 amide bonds. The monoisotopic (exact) mass is 331 g/mol. The molecule has 120 valence electrons. The standard InChI is InChI=1S/C18H18ClNO3/c1-2-23-18(22)16(12-13-6-4-3-5-7-13)17(21)20-15-10-8-14(19)9-11-15/h3-11,16H,2,12H2,1H3,(H,20,21)/t16-/m1/s1. The molecule has 2 rings (SSSR count). The second kappa shape index (κ2) is 8.34. The van der Waals surface area contributed by atoms with Gasteiger partial charge < -0.3 is 10.1 Å². The first kappa shape index (κ1) is 17.0. The lowest BCUT2D eigenvalue weighted by Gasteiger charge is -2.16. The average Bonchev–Trinajstić information content (AvgIpc) is 2.56.